The summed E-state index contributed by atoms with van der Waals surface area (Å²) in [6.45, 7) is 4.09. The van der Waals surface area contributed by atoms with Crippen molar-refractivity contribution in [1.29, 1.82) is 0 Å². The first-order valence-corrected chi connectivity index (χ1v) is 9.10. The van der Waals surface area contributed by atoms with E-state index in [0.717, 1.165) is 54.9 Å². The molecule has 6 nitrogen and oxygen atoms in total. The van der Waals surface area contributed by atoms with Gasteiger partial charge >= 0.3 is 0 Å². The number of piperidine rings is 1. The Bertz CT molecular complexity index is 713. The van der Waals surface area contributed by atoms with Crippen LogP contribution in [0.1, 0.15) is 50.3 Å². The molecular formula is C18H26N4O2. The Morgan fingerprint density at radius 2 is 1.71 bits per heavy atom. The number of rotatable bonds is 2. The van der Waals surface area contributed by atoms with Crippen LogP contribution in [0.15, 0.2) is 12.4 Å². The first-order valence-electron chi connectivity index (χ1n) is 9.10. The van der Waals surface area contributed by atoms with Crippen LogP contribution in [0.2, 0.25) is 0 Å². The van der Waals surface area contributed by atoms with E-state index in [2.05, 4.69) is 20.9 Å². The molecule has 1 saturated heterocycles. The monoisotopic (exact) mass is 330 g/mol. The molecule has 1 saturated carbocycles. The number of aliphatic hydroxyl groups excluding tert-OH is 2. The number of nitrogens with zero attached hydrogens (tertiary/aromatic N) is 4. The lowest BCUT2D eigenvalue weighted by Gasteiger charge is -2.34. The third kappa shape index (κ3) is 2.58. The predicted molar refractivity (Wildman–Crippen MR) is 93.2 cm³/mol. The van der Waals surface area contributed by atoms with E-state index in [0.29, 0.717) is 0 Å². The smallest absolute Gasteiger partial charge is 0.146 e. The maximum absolute atomic E-state index is 10.5. The summed E-state index contributed by atoms with van der Waals surface area (Å²) in [7, 11) is 0. The van der Waals surface area contributed by atoms with Crippen molar-refractivity contribution in [3.05, 3.63) is 18.1 Å². The standard InChI is InChI=1S/C18H26N4O2/c1-12-10-13-17(21-8-3-2-4-9-21)19-11-20-18(13)22(12)16-14(23)6-5-7-15(16)24/h10-11,14-16,23-24H,2-9H2,1H3/t14-,15+,16?. The maximum atomic E-state index is 10.5. The molecular weight excluding hydrogens is 304 g/mol. The highest BCUT2D eigenvalue weighted by atomic mass is 16.3. The van der Waals surface area contributed by atoms with Crippen LogP contribution < -0.4 is 4.90 Å². The van der Waals surface area contributed by atoms with E-state index in [1.807, 2.05) is 11.5 Å². The van der Waals surface area contributed by atoms with Crippen molar-refractivity contribution >= 4 is 16.9 Å². The SMILES string of the molecule is Cc1cc2c(N3CCCCC3)ncnc2n1C1[C@H](O)CCC[C@@H]1O. The van der Waals surface area contributed by atoms with Crippen LogP contribution in [0, 0.1) is 6.92 Å². The maximum Gasteiger partial charge on any atom is 0.146 e. The van der Waals surface area contributed by atoms with Gasteiger partial charge in [-0.15, -0.1) is 0 Å². The number of hydrogen-bond acceptors (Lipinski definition) is 5. The molecule has 0 spiro atoms. The minimum atomic E-state index is -0.531. The largest absolute Gasteiger partial charge is 0.391 e. The van der Waals surface area contributed by atoms with Crippen molar-refractivity contribution < 1.29 is 10.2 Å². The van der Waals surface area contributed by atoms with Gasteiger partial charge in [0, 0.05) is 18.8 Å². The Balaban J connectivity index is 1.81. The van der Waals surface area contributed by atoms with Crippen LogP contribution in [0.5, 0.6) is 0 Å². The van der Waals surface area contributed by atoms with E-state index in [9.17, 15) is 10.2 Å². The van der Waals surface area contributed by atoms with Gasteiger partial charge in [-0.25, -0.2) is 9.97 Å². The van der Waals surface area contributed by atoms with E-state index in [1.165, 1.54) is 19.3 Å². The van der Waals surface area contributed by atoms with Crippen LogP contribution in [0.4, 0.5) is 5.82 Å². The lowest BCUT2D eigenvalue weighted by atomic mass is 9.89. The van der Waals surface area contributed by atoms with Gasteiger partial charge in [0.05, 0.1) is 23.6 Å². The number of aromatic nitrogens is 3. The molecule has 3 atom stereocenters. The second-order valence-corrected chi connectivity index (χ2v) is 7.19. The van der Waals surface area contributed by atoms with Crippen molar-refractivity contribution in [2.45, 2.75) is 63.7 Å². The number of aryl methyl sites for hydroxylation is 1. The lowest BCUT2D eigenvalue weighted by molar-refractivity contribution is -0.0146. The molecule has 1 unspecified atom stereocenters. The Kier molecular flexibility index (Phi) is 4.18. The molecule has 0 amide bonds. The van der Waals surface area contributed by atoms with E-state index in [1.54, 1.807) is 6.33 Å². The average Bonchev–Trinajstić information content (AvgIpc) is 2.92. The predicted octanol–water partition coefficient (Wildman–Crippen LogP) is 2.18. The lowest BCUT2D eigenvalue weighted by Crippen LogP contribution is -2.38. The van der Waals surface area contributed by atoms with Crippen LogP contribution in [-0.2, 0) is 0 Å². The van der Waals surface area contributed by atoms with Crippen molar-refractivity contribution in [3.8, 4) is 0 Å². The molecule has 2 aromatic heterocycles. The third-order valence-electron chi connectivity index (χ3n) is 5.55. The number of anilines is 1. The molecule has 3 heterocycles. The Morgan fingerprint density at radius 1 is 1.00 bits per heavy atom. The van der Waals surface area contributed by atoms with Crippen molar-refractivity contribution in [2.75, 3.05) is 18.0 Å². The highest BCUT2D eigenvalue weighted by Gasteiger charge is 2.34. The summed E-state index contributed by atoms with van der Waals surface area (Å²) in [6, 6.07) is 1.79. The normalized spacial score (nSPS) is 28.5. The summed E-state index contributed by atoms with van der Waals surface area (Å²) in [5, 5.41) is 22.0. The second-order valence-electron chi connectivity index (χ2n) is 7.19. The molecule has 2 aliphatic rings. The number of fused-ring (bicyclic) bond motifs is 1. The van der Waals surface area contributed by atoms with Crippen molar-refractivity contribution in [2.24, 2.45) is 0 Å². The highest BCUT2D eigenvalue weighted by Crippen LogP contribution is 2.36. The summed E-state index contributed by atoms with van der Waals surface area (Å²) < 4.78 is 2.03. The molecule has 0 aromatic carbocycles. The molecule has 2 aromatic rings. The fraction of sp³-hybridized carbons (Fsp3) is 0.667. The minimum absolute atomic E-state index is 0.319. The second kappa shape index (κ2) is 6.33. The van der Waals surface area contributed by atoms with Crippen LogP contribution in [0.25, 0.3) is 11.0 Å². The van der Waals surface area contributed by atoms with Gasteiger partial charge in [-0.05, 0) is 51.5 Å². The molecule has 0 bridgehead atoms. The molecule has 1 aliphatic carbocycles. The zero-order valence-corrected chi connectivity index (χ0v) is 14.2. The van der Waals surface area contributed by atoms with E-state index < -0.39 is 12.2 Å². The summed E-state index contributed by atoms with van der Waals surface area (Å²) in [5.74, 6) is 0.987. The van der Waals surface area contributed by atoms with Gasteiger partial charge in [-0.2, -0.15) is 0 Å². The van der Waals surface area contributed by atoms with Gasteiger partial charge < -0.3 is 19.7 Å². The van der Waals surface area contributed by atoms with Gasteiger partial charge in [-0.1, -0.05) is 0 Å². The quantitative estimate of drug-likeness (QED) is 0.883. The Morgan fingerprint density at radius 3 is 2.42 bits per heavy atom. The summed E-state index contributed by atoms with van der Waals surface area (Å²) in [6.07, 6.45) is 6.56. The Hall–Kier alpha value is -1.66. The fourth-order valence-corrected chi connectivity index (χ4v) is 4.36. The topological polar surface area (TPSA) is 74.4 Å². The number of hydrogen-bond donors (Lipinski definition) is 2. The molecule has 4 rings (SSSR count). The first kappa shape index (κ1) is 15.8. The molecule has 1 aliphatic heterocycles. The van der Waals surface area contributed by atoms with Gasteiger partial charge in [0.15, 0.2) is 0 Å². The van der Waals surface area contributed by atoms with Gasteiger partial charge in [0.25, 0.3) is 0 Å². The fourth-order valence-electron chi connectivity index (χ4n) is 4.36. The molecule has 0 radical (unpaired) electrons. The first-order chi connectivity index (χ1) is 11.7. The van der Waals surface area contributed by atoms with Crippen LogP contribution in [0.3, 0.4) is 0 Å². The zero-order chi connectivity index (χ0) is 16.7. The van der Waals surface area contributed by atoms with E-state index in [4.69, 9.17) is 0 Å². The van der Waals surface area contributed by atoms with Gasteiger partial charge in [0.1, 0.15) is 17.8 Å². The van der Waals surface area contributed by atoms with E-state index in [-0.39, 0.29) is 6.04 Å². The molecule has 2 fully saturated rings. The van der Waals surface area contributed by atoms with Gasteiger partial charge in [-0.3, -0.25) is 0 Å². The molecule has 6 heteroatoms. The highest BCUT2D eigenvalue weighted by molar-refractivity contribution is 5.89. The van der Waals surface area contributed by atoms with Crippen molar-refractivity contribution in [3.63, 3.8) is 0 Å². The summed E-state index contributed by atoms with van der Waals surface area (Å²) in [5.41, 5.74) is 1.85. The Labute approximate surface area is 142 Å². The molecule has 2 N–H and O–H groups in total. The zero-order valence-electron chi connectivity index (χ0n) is 14.2. The summed E-state index contributed by atoms with van der Waals surface area (Å²) in [4.78, 5) is 11.4. The summed E-state index contributed by atoms with van der Waals surface area (Å²) >= 11 is 0. The van der Waals surface area contributed by atoms with E-state index >= 15 is 0 Å². The minimum Gasteiger partial charge on any atom is -0.391 e. The van der Waals surface area contributed by atoms with Crippen LogP contribution >= 0.6 is 0 Å². The third-order valence-corrected chi connectivity index (χ3v) is 5.55. The molecule has 24 heavy (non-hydrogen) atoms. The van der Waals surface area contributed by atoms with Gasteiger partial charge in [0.2, 0.25) is 0 Å². The van der Waals surface area contributed by atoms with Crippen molar-refractivity contribution in [1.82, 2.24) is 14.5 Å². The van der Waals surface area contributed by atoms with Crippen LogP contribution in [-0.4, -0.2) is 50.0 Å². The number of aliphatic hydroxyl groups is 2. The molecule has 130 valence electrons. The average molecular weight is 330 g/mol.